The molecule has 0 bridgehead atoms. The van der Waals surface area contributed by atoms with Gasteiger partial charge < -0.3 is 10.2 Å². The molecule has 0 aliphatic carbocycles. The lowest BCUT2D eigenvalue weighted by Gasteiger charge is -2.24. The third kappa shape index (κ3) is 3.39. The fourth-order valence-corrected chi connectivity index (χ4v) is 5.28. The lowest BCUT2D eigenvalue weighted by Crippen LogP contribution is -2.46. The molecule has 0 aromatic heterocycles. The number of benzene rings is 1. The smallest absolute Gasteiger partial charge is 0.251 e. The van der Waals surface area contributed by atoms with Crippen LogP contribution in [-0.2, 0) is 14.6 Å². The Balaban J connectivity index is 1.77. The Morgan fingerprint density at radius 2 is 2.13 bits per heavy atom. The van der Waals surface area contributed by atoms with Gasteiger partial charge in [-0.05, 0) is 38.0 Å². The molecule has 2 aliphatic heterocycles. The van der Waals surface area contributed by atoms with Gasteiger partial charge in [0.2, 0.25) is 5.91 Å². The first-order chi connectivity index (χ1) is 10.8. The summed E-state index contributed by atoms with van der Waals surface area (Å²) in [5, 5.41) is 2.83. The van der Waals surface area contributed by atoms with Gasteiger partial charge in [0.05, 0.1) is 17.0 Å². The fourth-order valence-electron chi connectivity index (χ4n) is 3.19. The summed E-state index contributed by atoms with van der Waals surface area (Å²) in [7, 11) is -3.08. The highest BCUT2D eigenvalue weighted by molar-refractivity contribution is 7.91. The van der Waals surface area contributed by atoms with Gasteiger partial charge in [-0.15, -0.1) is 0 Å². The monoisotopic (exact) mass is 336 g/mol. The summed E-state index contributed by atoms with van der Waals surface area (Å²) in [4.78, 5) is 26.0. The van der Waals surface area contributed by atoms with Crippen LogP contribution < -0.4 is 10.2 Å². The molecule has 2 saturated heterocycles. The Labute approximate surface area is 135 Å². The first-order valence-electron chi connectivity index (χ1n) is 7.71. The summed E-state index contributed by atoms with van der Waals surface area (Å²) in [6, 6.07) is 6.91. The summed E-state index contributed by atoms with van der Waals surface area (Å²) in [5.74, 6) is -0.170. The quantitative estimate of drug-likeness (QED) is 0.896. The van der Waals surface area contributed by atoms with Gasteiger partial charge in [0.25, 0.3) is 5.91 Å². The topological polar surface area (TPSA) is 83.6 Å². The molecule has 1 aromatic rings. The fraction of sp³-hybridized carbons (Fsp3) is 0.500. The van der Waals surface area contributed by atoms with E-state index in [-0.39, 0.29) is 23.3 Å². The summed E-state index contributed by atoms with van der Waals surface area (Å²) in [6.07, 6.45) is 1.78. The van der Waals surface area contributed by atoms with E-state index in [0.29, 0.717) is 30.6 Å². The van der Waals surface area contributed by atoms with E-state index in [9.17, 15) is 18.0 Å². The van der Waals surface area contributed by atoms with E-state index in [1.165, 1.54) is 0 Å². The number of nitrogens with zero attached hydrogens (tertiary/aromatic N) is 1. The van der Waals surface area contributed by atoms with Gasteiger partial charge in [-0.3, -0.25) is 9.59 Å². The number of carbonyl (C=O) groups is 2. The van der Waals surface area contributed by atoms with Gasteiger partial charge in [-0.25, -0.2) is 8.42 Å². The van der Waals surface area contributed by atoms with E-state index in [0.717, 1.165) is 6.42 Å². The molecule has 124 valence electrons. The number of hydrogen-bond acceptors (Lipinski definition) is 4. The van der Waals surface area contributed by atoms with Crippen LogP contribution in [0.1, 0.15) is 36.5 Å². The second-order valence-electron chi connectivity index (χ2n) is 6.56. The van der Waals surface area contributed by atoms with Gasteiger partial charge in [0, 0.05) is 24.2 Å². The molecule has 0 unspecified atom stereocenters. The van der Waals surface area contributed by atoms with Crippen LogP contribution in [0, 0.1) is 0 Å². The molecule has 1 aromatic carbocycles. The van der Waals surface area contributed by atoms with Crippen molar-refractivity contribution in [1.29, 1.82) is 0 Å². The van der Waals surface area contributed by atoms with Crippen LogP contribution >= 0.6 is 0 Å². The normalized spacial score (nSPS) is 26.5. The van der Waals surface area contributed by atoms with Crippen molar-refractivity contribution < 1.29 is 18.0 Å². The minimum Gasteiger partial charge on any atom is -0.346 e. The molecular formula is C16H20N2O4S. The van der Waals surface area contributed by atoms with Crippen molar-refractivity contribution >= 4 is 27.3 Å². The van der Waals surface area contributed by atoms with Crippen molar-refractivity contribution in [2.75, 3.05) is 23.0 Å². The number of sulfone groups is 1. The molecule has 2 amide bonds. The van der Waals surface area contributed by atoms with Crippen LogP contribution in [0.2, 0.25) is 0 Å². The Morgan fingerprint density at radius 3 is 2.74 bits per heavy atom. The molecule has 1 N–H and O–H groups in total. The zero-order chi connectivity index (χ0) is 16.7. The SMILES string of the molecule is C[C@]1(NC(=O)c2cccc(N3CCCC3=O)c2)CCS(=O)(=O)C1. The standard InChI is InChI=1S/C16H20N2O4S/c1-16(7-9-23(21,22)11-16)17-15(20)12-4-2-5-13(10-12)18-8-3-6-14(18)19/h2,4-5,10H,3,6-9,11H2,1H3,(H,17,20)/t16-/m0/s1. The number of carbonyl (C=O) groups excluding carboxylic acids is 2. The Morgan fingerprint density at radius 1 is 1.35 bits per heavy atom. The average molecular weight is 336 g/mol. The molecule has 2 aliphatic rings. The third-order valence-electron chi connectivity index (χ3n) is 4.41. The van der Waals surface area contributed by atoms with Gasteiger partial charge >= 0.3 is 0 Å². The van der Waals surface area contributed by atoms with Gasteiger partial charge in [0.1, 0.15) is 0 Å². The average Bonchev–Trinajstić information content (AvgIpc) is 3.02. The Kier molecular flexibility index (Phi) is 3.91. The molecule has 0 saturated carbocycles. The third-order valence-corrected chi connectivity index (χ3v) is 6.32. The highest BCUT2D eigenvalue weighted by atomic mass is 32.2. The first-order valence-corrected chi connectivity index (χ1v) is 9.54. The molecule has 0 radical (unpaired) electrons. The minimum atomic E-state index is -3.08. The molecule has 0 spiro atoms. The summed E-state index contributed by atoms with van der Waals surface area (Å²) in [6.45, 7) is 2.42. The minimum absolute atomic E-state index is 0.0317. The Bertz CT molecular complexity index is 759. The van der Waals surface area contributed by atoms with Gasteiger partial charge in [0.15, 0.2) is 9.84 Å². The van der Waals surface area contributed by atoms with E-state index < -0.39 is 15.4 Å². The second-order valence-corrected chi connectivity index (χ2v) is 8.74. The number of anilines is 1. The van der Waals surface area contributed by atoms with E-state index >= 15 is 0 Å². The summed E-state index contributed by atoms with van der Waals surface area (Å²) in [5.41, 5.74) is 0.423. The van der Waals surface area contributed by atoms with Crippen LogP contribution in [0.3, 0.4) is 0 Å². The van der Waals surface area contributed by atoms with Crippen LogP contribution in [0.15, 0.2) is 24.3 Å². The molecule has 2 heterocycles. The summed E-state index contributed by atoms with van der Waals surface area (Å²) >= 11 is 0. The van der Waals surface area contributed by atoms with E-state index in [1.54, 1.807) is 30.0 Å². The second kappa shape index (κ2) is 5.63. The van der Waals surface area contributed by atoms with Gasteiger partial charge in [-0.2, -0.15) is 0 Å². The van der Waals surface area contributed by atoms with Crippen LogP contribution in [0.25, 0.3) is 0 Å². The van der Waals surface area contributed by atoms with Crippen LogP contribution in [0.5, 0.6) is 0 Å². The zero-order valence-corrected chi connectivity index (χ0v) is 13.9. The molecule has 2 fully saturated rings. The number of rotatable bonds is 3. The maximum absolute atomic E-state index is 12.5. The predicted molar refractivity (Wildman–Crippen MR) is 87.2 cm³/mol. The van der Waals surface area contributed by atoms with Crippen molar-refractivity contribution in [3.05, 3.63) is 29.8 Å². The lowest BCUT2D eigenvalue weighted by atomic mass is 10.0. The van der Waals surface area contributed by atoms with E-state index in [2.05, 4.69) is 5.32 Å². The van der Waals surface area contributed by atoms with Crippen molar-refractivity contribution in [3.8, 4) is 0 Å². The first kappa shape index (κ1) is 16.0. The number of nitrogens with one attached hydrogen (secondary N) is 1. The molecular weight excluding hydrogens is 316 g/mol. The highest BCUT2D eigenvalue weighted by Crippen LogP contribution is 2.25. The molecule has 3 rings (SSSR count). The van der Waals surface area contributed by atoms with Crippen molar-refractivity contribution in [2.45, 2.75) is 31.7 Å². The van der Waals surface area contributed by atoms with E-state index in [1.807, 2.05) is 6.07 Å². The van der Waals surface area contributed by atoms with Crippen LogP contribution in [0.4, 0.5) is 5.69 Å². The highest BCUT2D eigenvalue weighted by Gasteiger charge is 2.39. The molecule has 7 heteroatoms. The lowest BCUT2D eigenvalue weighted by molar-refractivity contribution is -0.117. The largest absolute Gasteiger partial charge is 0.346 e. The summed E-state index contributed by atoms with van der Waals surface area (Å²) < 4.78 is 23.3. The maximum Gasteiger partial charge on any atom is 0.251 e. The van der Waals surface area contributed by atoms with Crippen molar-refractivity contribution in [3.63, 3.8) is 0 Å². The zero-order valence-electron chi connectivity index (χ0n) is 13.0. The maximum atomic E-state index is 12.5. The molecule has 6 nitrogen and oxygen atoms in total. The Hall–Kier alpha value is -1.89. The predicted octanol–water partition coefficient (Wildman–Crippen LogP) is 1.12. The van der Waals surface area contributed by atoms with E-state index in [4.69, 9.17) is 0 Å². The number of hydrogen-bond donors (Lipinski definition) is 1. The van der Waals surface area contributed by atoms with Crippen LogP contribution in [-0.4, -0.2) is 43.8 Å². The molecule has 1 atom stereocenters. The number of amides is 2. The molecule has 23 heavy (non-hydrogen) atoms. The van der Waals surface area contributed by atoms with Crippen molar-refractivity contribution in [2.24, 2.45) is 0 Å². The van der Waals surface area contributed by atoms with Gasteiger partial charge in [-0.1, -0.05) is 6.07 Å². The van der Waals surface area contributed by atoms with Crippen molar-refractivity contribution in [1.82, 2.24) is 5.32 Å².